The lowest BCUT2D eigenvalue weighted by Crippen LogP contribution is -2.20. The number of benzene rings is 3. The number of hydrogen-bond donors (Lipinski definition) is 2. The van der Waals surface area contributed by atoms with Crippen LogP contribution in [0, 0.1) is 6.92 Å². The van der Waals surface area contributed by atoms with Crippen molar-refractivity contribution in [3.05, 3.63) is 83.4 Å². The third kappa shape index (κ3) is 7.60. The molecule has 182 valence electrons. The van der Waals surface area contributed by atoms with Gasteiger partial charge in [-0.1, -0.05) is 31.2 Å². The molecule has 2 amide bonds. The molecule has 0 atom stereocenters. The third-order valence-corrected chi connectivity index (χ3v) is 4.84. The topological polar surface area (TPSA) is 98.3 Å². The molecule has 3 rings (SSSR count). The maximum Gasteiger partial charge on any atom is 0.271 e. The van der Waals surface area contributed by atoms with E-state index in [2.05, 4.69) is 15.8 Å². The summed E-state index contributed by atoms with van der Waals surface area (Å²) >= 11 is 0. The first-order valence-electron chi connectivity index (χ1n) is 11.2. The molecule has 3 aromatic carbocycles. The van der Waals surface area contributed by atoms with E-state index in [-0.39, 0.29) is 12.5 Å². The van der Waals surface area contributed by atoms with Gasteiger partial charge in [0.2, 0.25) is 0 Å². The fourth-order valence-electron chi connectivity index (χ4n) is 3.15. The molecule has 0 fully saturated rings. The van der Waals surface area contributed by atoms with Crippen LogP contribution < -0.4 is 25.0 Å². The van der Waals surface area contributed by atoms with Gasteiger partial charge in [-0.2, -0.15) is 5.10 Å². The van der Waals surface area contributed by atoms with E-state index >= 15 is 0 Å². The maximum atomic E-state index is 12.5. The fourth-order valence-corrected chi connectivity index (χ4v) is 3.15. The fraction of sp³-hybridized carbons (Fsp3) is 0.222. The number of hydrogen-bond acceptors (Lipinski definition) is 6. The van der Waals surface area contributed by atoms with Gasteiger partial charge in [-0.15, -0.1) is 0 Å². The van der Waals surface area contributed by atoms with Gasteiger partial charge in [0.25, 0.3) is 11.8 Å². The van der Waals surface area contributed by atoms with Gasteiger partial charge < -0.3 is 19.5 Å². The SMILES string of the molecule is CCCOc1ccc(C(=O)N/N=C/c2ccccc2OCC(=O)Nc2cccc(C)c2)cc1OC. The summed E-state index contributed by atoms with van der Waals surface area (Å²) in [5, 5.41) is 6.83. The summed E-state index contributed by atoms with van der Waals surface area (Å²) in [6.45, 7) is 4.35. The summed E-state index contributed by atoms with van der Waals surface area (Å²) in [6.07, 6.45) is 2.32. The van der Waals surface area contributed by atoms with Crippen molar-refractivity contribution < 1.29 is 23.8 Å². The lowest BCUT2D eigenvalue weighted by atomic mass is 10.2. The minimum absolute atomic E-state index is 0.169. The van der Waals surface area contributed by atoms with Crippen LogP contribution >= 0.6 is 0 Å². The van der Waals surface area contributed by atoms with Crippen molar-refractivity contribution in [2.75, 3.05) is 25.6 Å². The Kier molecular flexibility index (Phi) is 9.24. The number of nitrogens with one attached hydrogen (secondary N) is 2. The molecule has 0 bridgehead atoms. The average Bonchev–Trinajstić information content (AvgIpc) is 2.86. The number of carbonyl (C=O) groups is 2. The molecule has 8 heteroatoms. The number of hydrazone groups is 1. The van der Waals surface area contributed by atoms with Gasteiger partial charge in [0, 0.05) is 16.8 Å². The quantitative estimate of drug-likeness (QED) is 0.313. The van der Waals surface area contributed by atoms with Gasteiger partial charge >= 0.3 is 0 Å². The molecule has 0 heterocycles. The van der Waals surface area contributed by atoms with Crippen molar-refractivity contribution in [1.29, 1.82) is 0 Å². The second-order valence-electron chi connectivity index (χ2n) is 7.66. The summed E-state index contributed by atoms with van der Waals surface area (Å²) < 4.78 is 16.6. The van der Waals surface area contributed by atoms with Crippen molar-refractivity contribution >= 4 is 23.7 Å². The molecule has 0 aliphatic heterocycles. The van der Waals surface area contributed by atoms with E-state index in [9.17, 15) is 9.59 Å². The van der Waals surface area contributed by atoms with E-state index < -0.39 is 5.91 Å². The predicted molar refractivity (Wildman–Crippen MR) is 136 cm³/mol. The van der Waals surface area contributed by atoms with Gasteiger partial charge in [-0.05, 0) is 61.4 Å². The van der Waals surface area contributed by atoms with E-state index in [1.165, 1.54) is 13.3 Å². The first kappa shape index (κ1) is 25.3. The number of nitrogens with zero attached hydrogens (tertiary/aromatic N) is 1. The van der Waals surface area contributed by atoms with Gasteiger partial charge in [0.1, 0.15) is 5.75 Å². The second kappa shape index (κ2) is 12.8. The Morgan fingerprint density at radius 1 is 0.943 bits per heavy atom. The van der Waals surface area contributed by atoms with Crippen molar-refractivity contribution in [3.8, 4) is 17.2 Å². The molecule has 0 aromatic heterocycles. The Morgan fingerprint density at radius 2 is 1.77 bits per heavy atom. The van der Waals surface area contributed by atoms with E-state index in [0.29, 0.717) is 40.7 Å². The number of methoxy groups -OCH3 is 1. The van der Waals surface area contributed by atoms with Crippen LogP contribution in [0.2, 0.25) is 0 Å². The molecule has 3 aromatic rings. The number of carbonyl (C=O) groups excluding carboxylic acids is 2. The summed E-state index contributed by atoms with van der Waals surface area (Å²) in [4.78, 5) is 24.8. The Balaban J connectivity index is 1.58. The monoisotopic (exact) mass is 475 g/mol. The second-order valence-corrected chi connectivity index (χ2v) is 7.66. The van der Waals surface area contributed by atoms with Crippen LogP contribution in [0.15, 0.2) is 71.8 Å². The lowest BCUT2D eigenvalue weighted by Gasteiger charge is -2.11. The summed E-state index contributed by atoms with van der Waals surface area (Å²) in [6, 6.07) is 19.5. The highest BCUT2D eigenvalue weighted by Gasteiger charge is 2.11. The van der Waals surface area contributed by atoms with Crippen molar-refractivity contribution in [2.45, 2.75) is 20.3 Å². The van der Waals surface area contributed by atoms with Crippen LogP contribution in [-0.4, -0.2) is 38.4 Å². The Morgan fingerprint density at radius 3 is 2.54 bits per heavy atom. The molecule has 0 saturated heterocycles. The molecular formula is C27H29N3O5. The van der Waals surface area contributed by atoms with Crippen LogP contribution in [0.4, 0.5) is 5.69 Å². The largest absolute Gasteiger partial charge is 0.493 e. The number of aryl methyl sites for hydroxylation is 1. The summed E-state index contributed by atoms with van der Waals surface area (Å²) in [7, 11) is 1.52. The highest BCUT2D eigenvalue weighted by atomic mass is 16.5. The van der Waals surface area contributed by atoms with E-state index in [4.69, 9.17) is 14.2 Å². The Labute approximate surface area is 204 Å². The molecule has 0 radical (unpaired) electrons. The zero-order valence-corrected chi connectivity index (χ0v) is 20.0. The van der Waals surface area contributed by atoms with Crippen molar-refractivity contribution in [2.24, 2.45) is 5.10 Å². The first-order valence-corrected chi connectivity index (χ1v) is 11.2. The number of amides is 2. The predicted octanol–water partition coefficient (Wildman–Crippen LogP) is 4.57. The molecule has 8 nitrogen and oxygen atoms in total. The smallest absolute Gasteiger partial charge is 0.271 e. The molecule has 0 saturated carbocycles. The van der Waals surface area contributed by atoms with Gasteiger partial charge in [0.05, 0.1) is 19.9 Å². The van der Waals surface area contributed by atoms with E-state index in [1.54, 1.807) is 36.4 Å². The highest BCUT2D eigenvalue weighted by Crippen LogP contribution is 2.28. The van der Waals surface area contributed by atoms with E-state index in [0.717, 1.165) is 12.0 Å². The van der Waals surface area contributed by atoms with Crippen molar-refractivity contribution in [1.82, 2.24) is 5.43 Å². The lowest BCUT2D eigenvalue weighted by molar-refractivity contribution is -0.118. The van der Waals surface area contributed by atoms with Gasteiger partial charge in [0.15, 0.2) is 18.1 Å². The number of rotatable bonds is 11. The van der Waals surface area contributed by atoms with Crippen LogP contribution in [0.5, 0.6) is 17.2 Å². The molecule has 2 N–H and O–H groups in total. The minimum atomic E-state index is -0.405. The number of anilines is 1. The summed E-state index contributed by atoms with van der Waals surface area (Å²) in [5.41, 5.74) is 5.23. The molecule has 0 unspecified atom stereocenters. The molecular weight excluding hydrogens is 446 g/mol. The van der Waals surface area contributed by atoms with Crippen molar-refractivity contribution in [3.63, 3.8) is 0 Å². The minimum Gasteiger partial charge on any atom is -0.493 e. The number of ether oxygens (including phenoxy) is 3. The molecule has 0 aliphatic rings. The normalized spacial score (nSPS) is 10.6. The Bertz CT molecular complexity index is 1190. The van der Waals surface area contributed by atoms with Crippen LogP contribution in [0.3, 0.4) is 0 Å². The van der Waals surface area contributed by atoms with E-state index in [1.807, 2.05) is 44.2 Å². The zero-order valence-electron chi connectivity index (χ0n) is 20.0. The average molecular weight is 476 g/mol. The van der Waals surface area contributed by atoms with Crippen LogP contribution in [-0.2, 0) is 4.79 Å². The standard InChI is InChI=1S/C27H29N3O5/c1-4-14-34-24-13-12-20(16-25(24)33-3)27(32)30-28-17-21-9-5-6-11-23(21)35-18-26(31)29-22-10-7-8-19(2)15-22/h5-13,15-17H,4,14,18H2,1-3H3,(H,29,31)(H,30,32)/b28-17+. The number of para-hydroxylation sites is 1. The molecule has 0 aliphatic carbocycles. The molecule has 35 heavy (non-hydrogen) atoms. The Hall–Kier alpha value is -4.33. The van der Waals surface area contributed by atoms with Crippen LogP contribution in [0.1, 0.15) is 34.8 Å². The molecule has 0 spiro atoms. The first-order chi connectivity index (χ1) is 17.0. The maximum absolute atomic E-state index is 12.5. The van der Waals surface area contributed by atoms with Gasteiger partial charge in [-0.3, -0.25) is 9.59 Å². The van der Waals surface area contributed by atoms with Gasteiger partial charge in [-0.25, -0.2) is 5.43 Å². The summed E-state index contributed by atoms with van der Waals surface area (Å²) in [5.74, 6) is 0.821. The van der Waals surface area contributed by atoms with Crippen LogP contribution in [0.25, 0.3) is 0 Å². The third-order valence-electron chi connectivity index (χ3n) is 4.84. The zero-order chi connectivity index (χ0) is 25.0. The highest BCUT2D eigenvalue weighted by molar-refractivity contribution is 5.96.